The predicted molar refractivity (Wildman–Crippen MR) is 124 cm³/mol. The van der Waals surface area contributed by atoms with E-state index < -0.39 is 5.60 Å². The number of allylic oxidation sites excluding steroid dienone is 4. The van der Waals surface area contributed by atoms with Crippen molar-refractivity contribution in [2.75, 3.05) is 6.26 Å². The fraction of sp³-hybridized carbons (Fsp3) is 0.200. The molecule has 0 saturated heterocycles. The van der Waals surface area contributed by atoms with E-state index in [-0.39, 0.29) is 6.04 Å². The molecule has 1 aromatic rings. The Labute approximate surface area is 181 Å². The number of dihydropyridines is 1. The van der Waals surface area contributed by atoms with Crippen LogP contribution in [0.15, 0.2) is 89.2 Å². The van der Waals surface area contributed by atoms with Crippen molar-refractivity contribution >= 4 is 17.3 Å². The molecule has 0 aromatic heterocycles. The first-order chi connectivity index (χ1) is 14.4. The minimum atomic E-state index is -1.02. The molecule has 3 heterocycles. The summed E-state index contributed by atoms with van der Waals surface area (Å²) in [4.78, 5) is 1.15. The van der Waals surface area contributed by atoms with Crippen LogP contribution in [0, 0.1) is 11.8 Å². The van der Waals surface area contributed by atoms with E-state index in [0.29, 0.717) is 0 Å². The quantitative estimate of drug-likeness (QED) is 0.646. The summed E-state index contributed by atoms with van der Waals surface area (Å²) in [6.45, 7) is 3.36. The lowest BCUT2D eigenvalue weighted by Crippen LogP contribution is -2.25. The van der Waals surface area contributed by atoms with Gasteiger partial charge in [-0.2, -0.15) is 0 Å². The molecule has 1 unspecified atom stereocenters. The van der Waals surface area contributed by atoms with Gasteiger partial charge in [-0.25, -0.2) is 0 Å². The van der Waals surface area contributed by atoms with Crippen molar-refractivity contribution in [2.45, 2.75) is 25.5 Å². The van der Waals surface area contributed by atoms with Crippen LogP contribution < -0.4 is 10.6 Å². The normalized spacial score (nSPS) is 19.9. The molecule has 0 radical (unpaired) electrons. The minimum absolute atomic E-state index is 0.0170. The van der Waals surface area contributed by atoms with Crippen LogP contribution in [0.4, 0.5) is 0 Å². The van der Waals surface area contributed by atoms with Crippen LogP contribution in [0.25, 0.3) is 5.57 Å². The van der Waals surface area contributed by atoms with E-state index >= 15 is 0 Å². The van der Waals surface area contributed by atoms with Gasteiger partial charge < -0.3 is 20.5 Å². The zero-order valence-corrected chi connectivity index (χ0v) is 18.0. The van der Waals surface area contributed by atoms with Crippen LogP contribution in [-0.2, 0) is 4.74 Å². The van der Waals surface area contributed by atoms with E-state index in [1.807, 2.05) is 48.9 Å². The highest BCUT2D eigenvalue weighted by atomic mass is 32.2. The lowest BCUT2D eigenvalue weighted by Gasteiger charge is -2.19. The number of aliphatic hydroxyl groups is 1. The van der Waals surface area contributed by atoms with Gasteiger partial charge >= 0.3 is 0 Å². The molecule has 30 heavy (non-hydrogen) atoms. The van der Waals surface area contributed by atoms with Crippen LogP contribution in [-0.4, -0.2) is 23.0 Å². The Hall–Kier alpha value is -3.07. The van der Waals surface area contributed by atoms with Crippen molar-refractivity contribution in [3.63, 3.8) is 0 Å². The number of fused-ring (bicyclic) bond motifs is 1. The molecule has 0 amide bonds. The summed E-state index contributed by atoms with van der Waals surface area (Å²) >= 11 is 1.69. The van der Waals surface area contributed by atoms with Crippen molar-refractivity contribution < 1.29 is 9.84 Å². The number of ether oxygens (including phenoxy) is 1. The van der Waals surface area contributed by atoms with E-state index in [9.17, 15) is 5.11 Å². The Morgan fingerprint density at radius 1 is 1.17 bits per heavy atom. The monoisotopic (exact) mass is 416 g/mol. The van der Waals surface area contributed by atoms with E-state index in [1.54, 1.807) is 25.6 Å². The minimum Gasteiger partial charge on any atom is -0.458 e. The summed E-state index contributed by atoms with van der Waals surface area (Å²) < 4.78 is 6.31. The number of benzene rings is 1. The molecule has 3 N–H and O–H groups in total. The summed E-state index contributed by atoms with van der Waals surface area (Å²) in [7, 11) is 0. The molecule has 4 rings (SSSR count). The van der Waals surface area contributed by atoms with Crippen molar-refractivity contribution in [1.82, 2.24) is 10.6 Å². The second kappa shape index (κ2) is 8.35. The Kier molecular flexibility index (Phi) is 5.63. The second-order valence-corrected chi connectivity index (χ2v) is 8.51. The van der Waals surface area contributed by atoms with Gasteiger partial charge in [-0.3, -0.25) is 0 Å². The molecular formula is C25H24N2O2S. The van der Waals surface area contributed by atoms with Gasteiger partial charge in [-0.15, -0.1) is 11.8 Å². The molecular weight excluding hydrogens is 392 g/mol. The lowest BCUT2D eigenvalue weighted by molar-refractivity contribution is 0.143. The van der Waals surface area contributed by atoms with Crippen LogP contribution in [0.2, 0.25) is 0 Å². The number of thioether (sulfide) groups is 1. The Bertz CT molecular complexity index is 1100. The van der Waals surface area contributed by atoms with Crippen molar-refractivity contribution in [1.29, 1.82) is 0 Å². The topological polar surface area (TPSA) is 53.5 Å². The molecule has 0 spiro atoms. The van der Waals surface area contributed by atoms with E-state index in [2.05, 4.69) is 47.0 Å². The molecule has 0 saturated carbocycles. The molecule has 1 atom stereocenters. The van der Waals surface area contributed by atoms with Gasteiger partial charge in [0.15, 0.2) is 0 Å². The lowest BCUT2D eigenvalue weighted by atomic mass is 9.97. The van der Waals surface area contributed by atoms with Gasteiger partial charge in [0.05, 0.1) is 0 Å². The molecule has 5 heteroatoms. The van der Waals surface area contributed by atoms with Gasteiger partial charge in [0.2, 0.25) is 0 Å². The van der Waals surface area contributed by atoms with Gasteiger partial charge in [0.1, 0.15) is 23.2 Å². The third-order valence-corrected chi connectivity index (χ3v) is 5.44. The zero-order chi connectivity index (χ0) is 21.1. The van der Waals surface area contributed by atoms with Gasteiger partial charge in [-0.1, -0.05) is 24.0 Å². The van der Waals surface area contributed by atoms with Gasteiger partial charge in [-0.05, 0) is 68.3 Å². The standard InChI is InChI=1S/C25H24N2O2S/c1-25(2,28)11-9-17-5-4-6-18(13-17)21-10-12-27-22-14-23(29-24(21)22)19-7-8-20(30-3)16-26-15-19/h4-8,10,12-16,22,26-28H,1-3H3. The Balaban J connectivity index is 1.62. The molecule has 0 fully saturated rings. The third kappa shape index (κ3) is 4.56. The first kappa shape index (κ1) is 20.2. The zero-order valence-electron chi connectivity index (χ0n) is 17.2. The Morgan fingerprint density at radius 3 is 2.83 bits per heavy atom. The number of hydrogen-bond donors (Lipinski definition) is 3. The first-order valence-corrected chi connectivity index (χ1v) is 11.0. The fourth-order valence-electron chi connectivity index (χ4n) is 3.25. The van der Waals surface area contributed by atoms with Crippen LogP contribution in [0.3, 0.4) is 0 Å². The molecule has 1 aromatic carbocycles. The second-order valence-electron chi connectivity index (χ2n) is 7.63. The van der Waals surface area contributed by atoms with Crippen LogP contribution in [0.5, 0.6) is 0 Å². The SMILES string of the molecule is CSC1=CNC=C(C2=CC3NC=CC(c4cccc(C#CC(C)(C)O)c4)=C3O2)C=C1. The molecule has 4 nitrogen and oxygen atoms in total. The van der Waals surface area contributed by atoms with Crippen LogP contribution in [0.1, 0.15) is 25.0 Å². The number of nitrogens with one attached hydrogen (secondary N) is 2. The number of rotatable bonds is 3. The molecule has 0 bridgehead atoms. The molecule has 3 aliphatic heterocycles. The average molecular weight is 417 g/mol. The van der Waals surface area contributed by atoms with Crippen molar-refractivity contribution in [3.8, 4) is 11.8 Å². The van der Waals surface area contributed by atoms with Gasteiger partial charge in [0, 0.05) is 34.0 Å². The predicted octanol–water partition coefficient (Wildman–Crippen LogP) is 4.17. The largest absolute Gasteiger partial charge is 0.458 e. The summed E-state index contributed by atoms with van der Waals surface area (Å²) in [6.07, 6.45) is 16.2. The van der Waals surface area contributed by atoms with Crippen molar-refractivity contribution in [2.24, 2.45) is 0 Å². The first-order valence-electron chi connectivity index (χ1n) is 9.74. The molecule has 3 aliphatic rings. The van der Waals surface area contributed by atoms with E-state index in [0.717, 1.165) is 38.7 Å². The Morgan fingerprint density at radius 2 is 2.03 bits per heavy atom. The average Bonchev–Trinajstić information content (AvgIpc) is 3.02. The maximum absolute atomic E-state index is 9.88. The fourth-order valence-corrected chi connectivity index (χ4v) is 3.64. The third-order valence-electron chi connectivity index (χ3n) is 4.71. The van der Waals surface area contributed by atoms with Crippen molar-refractivity contribution in [3.05, 3.63) is 100 Å². The summed E-state index contributed by atoms with van der Waals surface area (Å²) in [5.41, 5.74) is 2.87. The van der Waals surface area contributed by atoms with E-state index in [4.69, 9.17) is 4.74 Å². The number of hydrogen-bond acceptors (Lipinski definition) is 5. The smallest absolute Gasteiger partial charge is 0.138 e. The molecule has 0 aliphatic carbocycles. The highest BCUT2D eigenvalue weighted by Gasteiger charge is 2.29. The van der Waals surface area contributed by atoms with Gasteiger partial charge in [0.25, 0.3) is 0 Å². The van der Waals surface area contributed by atoms with E-state index in [1.165, 1.54) is 0 Å². The van der Waals surface area contributed by atoms with Crippen LogP contribution >= 0.6 is 11.8 Å². The highest BCUT2D eigenvalue weighted by molar-refractivity contribution is 8.02. The maximum Gasteiger partial charge on any atom is 0.138 e. The summed E-state index contributed by atoms with van der Waals surface area (Å²) in [5.74, 6) is 7.61. The molecule has 152 valence electrons. The summed E-state index contributed by atoms with van der Waals surface area (Å²) in [5, 5.41) is 16.4. The highest BCUT2D eigenvalue weighted by Crippen LogP contribution is 2.36. The maximum atomic E-state index is 9.88. The summed E-state index contributed by atoms with van der Waals surface area (Å²) in [6, 6.07) is 7.97.